The fraction of sp³-hybridized carbons (Fsp3) is 0.625. The molecule has 2 aliphatic rings. The van der Waals surface area contributed by atoms with Crippen LogP contribution in [0.25, 0.3) is 0 Å². The van der Waals surface area contributed by atoms with Crippen LogP contribution in [0.1, 0.15) is 25.7 Å². The van der Waals surface area contributed by atoms with E-state index >= 15 is 0 Å². The molecule has 0 aliphatic carbocycles. The number of piperidine rings is 1. The van der Waals surface area contributed by atoms with Gasteiger partial charge in [-0.2, -0.15) is 0 Å². The molecule has 0 unspecified atom stereocenters. The number of hydrogen-bond acceptors (Lipinski definition) is 3. The average molecular weight is 312 g/mol. The molecule has 21 heavy (non-hydrogen) atoms. The molecule has 116 valence electrons. The number of nitrogen functional groups attached to an aromatic ring is 1. The van der Waals surface area contributed by atoms with Crippen molar-refractivity contribution in [2.24, 2.45) is 5.92 Å². The van der Waals surface area contributed by atoms with Crippen LogP contribution in [0.5, 0.6) is 0 Å². The van der Waals surface area contributed by atoms with E-state index in [1.165, 1.54) is 51.4 Å². The summed E-state index contributed by atoms with van der Waals surface area (Å²) in [5.41, 5.74) is 7.30. The molecule has 0 radical (unpaired) electrons. The lowest BCUT2D eigenvalue weighted by molar-refractivity contribution is 0.249. The number of benzene rings is 1. The van der Waals surface area contributed by atoms with Crippen LogP contribution in [0, 0.1) is 11.7 Å². The summed E-state index contributed by atoms with van der Waals surface area (Å²) in [5, 5.41) is 0.151. The third-order valence-electron chi connectivity index (χ3n) is 4.74. The first-order valence-electron chi connectivity index (χ1n) is 7.85. The zero-order valence-corrected chi connectivity index (χ0v) is 13.1. The Labute approximate surface area is 130 Å². The average Bonchev–Trinajstić information content (AvgIpc) is 2.97. The maximum absolute atomic E-state index is 13.4. The highest BCUT2D eigenvalue weighted by molar-refractivity contribution is 6.31. The molecule has 3 rings (SSSR count). The molecular formula is C16H23ClFN3. The molecule has 0 amide bonds. The van der Waals surface area contributed by atoms with Gasteiger partial charge in [0.2, 0.25) is 0 Å². The largest absolute Gasteiger partial charge is 0.397 e. The summed E-state index contributed by atoms with van der Waals surface area (Å²) >= 11 is 5.88. The van der Waals surface area contributed by atoms with Crippen LogP contribution in [-0.2, 0) is 0 Å². The number of halogens is 2. The van der Waals surface area contributed by atoms with E-state index in [9.17, 15) is 4.39 Å². The molecule has 0 aromatic heterocycles. The van der Waals surface area contributed by atoms with Crippen LogP contribution >= 0.6 is 11.6 Å². The number of hydrogen-bond donors (Lipinski definition) is 1. The number of anilines is 2. The monoisotopic (exact) mass is 311 g/mol. The summed E-state index contributed by atoms with van der Waals surface area (Å²) in [6.07, 6.45) is 5.04. The smallest absolute Gasteiger partial charge is 0.143 e. The lowest BCUT2D eigenvalue weighted by Crippen LogP contribution is -2.38. The second-order valence-corrected chi connectivity index (χ2v) is 6.67. The normalized spacial score (nSPS) is 21.1. The van der Waals surface area contributed by atoms with Gasteiger partial charge in [-0.15, -0.1) is 0 Å². The van der Waals surface area contributed by atoms with E-state index in [1.54, 1.807) is 6.07 Å². The third-order valence-corrected chi connectivity index (χ3v) is 5.03. The van der Waals surface area contributed by atoms with Gasteiger partial charge in [0.1, 0.15) is 5.82 Å². The minimum absolute atomic E-state index is 0.151. The molecule has 2 saturated heterocycles. The summed E-state index contributed by atoms with van der Waals surface area (Å²) in [6, 6.07) is 2.99. The van der Waals surface area contributed by atoms with Crippen molar-refractivity contribution in [3.05, 3.63) is 23.0 Å². The molecular weight excluding hydrogens is 289 g/mol. The zero-order chi connectivity index (χ0) is 14.8. The first-order valence-corrected chi connectivity index (χ1v) is 8.23. The molecule has 0 spiro atoms. The number of likely N-dealkylation sites (tertiary alicyclic amines) is 1. The van der Waals surface area contributed by atoms with Crippen molar-refractivity contribution < 1.29 is 4.39 Å². The standard InChI is InChI=1S/C16H23ClFN3/c17-13-9-16(15(19)10-14(13)18)21-7-3-12(4-8-21)11-20-5-1-2-6-20/h9-10,12H,1-8,11,19H2. The van der Waals surface area contributed by atoms with E-state index in [0.29, 0.717) is 5.69 Å². The van der Waals surface area contributed by atoms with Gasteiger partial charge in [-0.25, -0.2) is 4.39 Å². The Hall–Kier alpha value is -1.00. The van der Waals surface area contributed by atoms with Crippen molar-refractivity contribution in [1.82, 2.24) is 4.90 Å². The van der Waals surface area contributed by atoms with Gasteiger partial charge in [0.25, 0.3) is 0 Å². The molecule has 2 aliphatic heterocycles. The van der Waals surface area contributed by atoms with Gasteiger partial charge in [0, 0.05) is 25.7 Å². The van der Waals surface area contributed by atoms with E-state index in [-0.39, 0.29) is 5.02 Å². The number of nitrogens with two attached hydrogens (primary N) is 1. The third kappa shape index (κ3) is 3.43. The van der Waals surface area contributed by atoms with Gasteiger partial charge in [-0.1, -0.05) is 11.6 Å². The Bertz CT molecular complexity index is 495. The minimum Gasteiger partial charge on any atom is -0.397 e. The number of rotatable bonds is 3. The Kier molecular flexibility index (Phi) is 4.55. The molecule has 1 aromatic rings. The highest BCUT2D eigenvalue weighted by atomic mass is 35.5. The van der Waals surface area contributed by atoms with Crippen molar-refractivity contribution in [3.63, 3.8) is 0 Å². The van der Waals surface area contributed by atoms with Crippen LogP contribution in [0.3, 0.4) is 0 Å². The molecule has 0 saturated carbocycles. The van der Waals surface area contributed by atoms with Crippen LogP contribution in [0.15, 0.2) is 12.1 Å². The fourth-order valence-electron chi connectivity index (χ4n) is 3.51. The lowest BCUT2D eigenvalue weighted by atomic mass is 9.95. The molecule has 3 nitrogen and oxygen atoms in total. The number of nitrogens with zero attached hydrogens (tertiary/aromatic N) is 2. The predicted octanol–water partition coefficient (Wildman–Crippen LogP) is 3.37. The Morgan fingerprint density at radius 2 is 1.81 bits per heavy atom. The van der Waals surface area contributed by atoms with E-state index in [1.807, 2.05) is 0 Å². The Morgan fingerprint density at radius 3 is 2.48 bits per heavy atom. The van der Waals surface area contributed by atoms with Crippen molar-refractivity contribution in [3.8, 4) is 0 Å². The molecule has 2 N–H and O–H groups in total. The molecule has 1 aromatic carbocycles. The first kappa shape index (κ1) is 14.9. The van der Waals surface area contributed by atoms with Gasteiger partial charge >= 0.3 is 0 Å². The van der Waals surface area contributed by atoms with Gasteiger partial charge in [0.15, 0.2) is 0 Å². The zero-order valence-electron chi connectivity index (χ0n) is 12.3. The van der Waals surface area contributed by atoms with Crippen LogP contribution in [0.4, 0.5) is 15.8 Å². The maximum atomic E-state index is 13.4. The van der Waals surface area contributed by atoms with E-state index in [4.69, 9.17) is 17.3 Å². The highest BCUT2D eigenvalue weighted by Crippen LogP contribution is 2.32. The quantitative estimate of drug-likeness (QED) is 0.869. The van der Waals surface area contributed by atoms with E-state index in [0.717, 1.165) is 24.7 Å². The molecule has 2 heterocycles. The molecule has 5 heteroatoms. The summed E-state index contributed by atoms with van der Waals surface area (Å²) in [4.78, 5) is 4.82. The summed E-state index contributed by atoms with van der Waals surface area (Å²) in [7, 11) is 0. The van der Waals surface area contributed by atoms with Gasteiger partial charge in [-0.3, -0.25) is 0 Å². The van der Waals surface area contributed by atoms with Crippen molar-refractivity contribution >= 4 is 23.0 Å². The SMILES string of the molecule is Nc1cc(F)c(Cl)cc1N1CCC(CN2CCCC2)CC1. The Balaban J connectivity index is 1.59. The van der Waals surface area contributed by atoms with Gasteiger partial charge in [-0.05, 0) is 50.8 Å². The van der Waals surface area contributed by atoms with Crippen molar-refractivity contribution in [1.29, 1.82) is 0 Å². The Morgan fingerprint density at radius 1 is 1.14 bits per heavy atom. The lowest BCUT2D eigenvalue weighted by Gasteiger charge is -2.35. The van der Waals surface area contributed by atoms with E-state index < -0.39 is 5.82 Å². The predicted molar refractivity (Wildman–Crippen MR) is 86.4 cm³/mol. The van der Waals surface area contributed by atoms with Crippen LogP contribution in [0.2, 0.25) is 5.02 Å². The van der Waals surface area contributed by atoms with Crippen molar-refractivity contribution in [2.45, 2.75) is 25.7 Å². The maximum Gasteiger partial charge on any atom is 0.143 e. The second kappa shape index (κ2) is 6.41. The van der Waals surface area contributed by atoms with Crippen molar-refractivity contribution in [2.75, 3.05) is 43.4 Å². The fourth-order valence-corrected chi connectivity index (χ4v) is 3.67. The van der Waals surface area contributed by atoms with Gasteiger partial charge in [0.05, 0.1) is 16.4 Å². The summed E-state index contributed by atoms with van der Waals surface area (Å²) < 4.78 is 13.4. The van der Waals surface area contributed by atoms with Gasteiger partial charge < -0.3 is 15.5 Å². The summed E-state index contributed by atoms with van der Waals surface area (Å²) in [5.74, 6) is 0.332. The molecule has 0 atom stereocenters. The minimum atomic E-state index is -0.443. The van der Waals surface area contributed by atoms with Crippen LogP contribution < -0.4 is 10.6 Å². The first-order chi connectivity index (χ1) is 10.1. The second-order valence-electron chi connectivity index (χ2n) is 6.26. The topological polar surface area (TPSA) is 32.5 Å². The van der Waals surface area contributed by atoms with E-state index in [2.05, 4.69) is 9.80 Å². The molecule has 2 fully saturated rings. The van der Waals surface area contributed by atoms with Crippen LogP contribution in [-0.4, -0.2) is 37.6 Å². The highest BCUT2D eigenvalue weighted by Gasteiger charge is 2.24. The molecule has 0 bridgehead atoms. The summed E-state index contributed by atoms with van der Waals surface area (Å²) in [6.45, 7) is 5.71.